The van der Waals surface area contributed by atoms with Crippen LogP contribution < -0.4 is 0 Å². The Balaban J connectivity index is 1.62. The summed E-state index contributed by atoms with van der Waals surface area (Å²) in [5, 5.41) is 7.48. The molecule has 1 saturated carbocycles. The van der Waals surface area contributed by atoms with Crippen LogP contribution in [0.2, 0.25) is 0 Å². The number of furan rings is 1. The Kier molecular flexibility index (Phi) is 3.98. The Morgan fingerprint density at radius 3 is 2.88 bits per heavy atom. The Bertz CT molecular complexity index is 747. The zero-order valence-corrected chi connectivity index (χ0v) is 15.3. The van der Waals surface area contributed by atoms with E-state index < -0.39 is 0 Å². The number of carbonyl (C=O) groups is 1. The van der Waals surface area contributed by atoms with Gasteiger partial charge in [0.2, 0.25) is 0 Å². The third-order valence-electron chi connectivity index (χ3n) is 5.51. The molecule has 1 aliphatic carbocycles. The quantitative estimate of drug-likeness (QED) is 0.866. The summed E-state index contributed by atoms with van der Waals surface area (Å²) in [6.07, 6.45) is 5.56. The van der Waals surface area contributed by atoms with E-state index in [0.29, 0.717) is 17.0 Å². The van der Waals surface area contributed by atoms with Gasteiger partial charge < -0.3 is 9.32 Å². The minimum absolute atomic E-state index is 0.0410. The largest absolute Gasteiger partial charge is 0.444 e. The van der Waals surface area contributed by atoms with E-state index in [0.717, 1.165) is 37.5 Å². The van der Waals surface area contributed by atoms with E-state index in [1.807, 2.05) is 4.90 Å². The summed E-state index contributed by atoms with van der Waals surface area (Å²) < 4.78 is 6.04. The SMILES string of the molecule is CCc1nc(C2CN(C(=O)c3ccc(Br)o3)CC23CCCC3)n[nH]1. The molecule has 1 unspecified atom stereocenters. The van der Waals surface area contributed by atoms with E-state index in [9.17, 15) is 4.79 Å². The average molecular weight is 393 g/mol. The van der Waals surface area contributed by atoms with Crippen molar-refractivity contribution >= 4 is 21.8 Å². The highest BCUT2D eigenvalue weighted by Crippen LogP contribution is 2.52. The first-order valence-corrected chi connectivity index (χ1v) is 9.36. The molecule has 0 aromatic carbocycles. The van der Waals surface area contributed by atoms with Crippen molar-refractivity contribution < 1.29 is 9.21 Å². The Hall–Kier alpha value is -1.63. The molecule has 2 fully saturated rings. The molecule has 6 nitrogen and oxygen atoms in total. The molecule has 0 radical (unpaired) electrons. The van der Waals surface area contributed by atoms with Gasteiger partial charge in [-0.05, 0) is 46.3 Å². The second kappa shape index (κ2) is 6.02. The van der Waals surface area contributed by atoms with Crippen LogP contribution in [0.25, 0.3) is 0 Å². The number of likely N-dealkylation sites (tertiary alicyclic amines) is 1. The van der Waals surface area contributed by atoms with Gasteiger partial charge in [0.15, 0.2) is 16.3 Å². The molecule has 128 valence electrons. The summed E-state index contributed by atoms with van der Waals surface area (Å²) in [6, 6.07) is 3.48. The standard InChI is InChI=1S/C17H21BrN4O2/c1-2-14-19-15(21-20-14)11-9-22(10-17(11)7-3-4-8-17)16(23)12-5-6-13(18)24-12/h5-6,11H,2-4,7-10H2,1H3,(H,19,20,21). The van der Waals surface area contributed by atoms with E-state index in [-0.39, 0.29) is 17.2 Å². The third-order valence-corrected chi connectivity index (χ3v) is 5.94. The molecule has 1 aliphatic heterocycles. The molecule has 1 spiro atoms. The summed E-state index contributed by atoms with van der Waals surface area (Å²) in [5.74, 6) is 2.34. The number of amides is 1. The molecular formula is C17H21BrN4O2. The monoisotopic (exact) mass is 392 g/mol. The number of aromatic nitrogens is 3. The van der Waals surface area contributed by atoms with Crippen molar-refractivity contribution in [2.24, 2.45) is 5.41 Å². The average Bonchev–Trinajstić information content (AvgIpc) is 3.35. The van der Waals surface area contributed by atoms with Crippen molar-refractivity contribution in [3.8, 4) is 0 Å². The van der Waals surface area contributed by atoms with E-state index in [1.54, 1.807) is 12.1 Å². The van der Waals surface area contributed by atoms with Gasteiger partial charge in [0.25, 0.3) is 5.91 Å². The number of aromatic amines is 1. The molecule has 2 aromatic heterocycles. The number of nitrogens with zero attached hydrogens (tertiary/aromatic N) is 3. The first-order valence-electron chi connectivity index (χ1n) is 8.57. The second-order valence-corrected chi connectivity index (χ2v) is 7.69. The van der Waals surface area contributed by atoms with Crippen molar-refractivity contribution in [2.45, 2.75) is 44.9 Å². The van der Waals surface area contributed by atoms with Crippen LogP contribution in [-0.4, -0.2) is 39.1 Å². The van der Waals surface area contributed by atoms with Gasteiger partial charge in [-0.2, -0.15) is 5.10 Å². The first kappa shape index (κ1) is 15.9. The molecule has 1 amide bonds. The number of aryl methyl sites for hydroxylation is 1. The fraction of sp³-hybridized carbons (Fsp3) is 0.588. The summed E-state index contributed by atoms with van der Waals surface area (Å²) >= 11 is 3.27. The lowest BCUT2D eigenvalue weighted by Gasteiger charge is -2.27. The third kappa shape index (κ3) is 2.59. The lowest BCUT2D eigenvalue weighted by Crippen LogP contribution is -2.31. The lowest BCUT2D eigenvalue weighted by atomic mass is 9.76. The van der Waals surface area contributed by atoms with Crippen LogP contribution >= 0.6 is 15.9 Å². The van der Waals surface area contributed by atoms with Crippen LogP contribution in [0, 0.1) is 5.41 Å². The van der Waals surface area contributed by atoms with Crippen LogP contribution in [0.5, 0.6) is 0 Å². The molecule has 4 rings (SSSR count). The van der Waals surface area contributed by atoms with Crippen LogP contribution in [0.1, 0.15) is 60.7 Å². The fourth-order valence-electron chi connectivity index (χ4n) is 4.27. The summed E-state index contributed by atoms with van der Waals surface area (Å²) in [4.78, 5) is 19.4. The lowest BCUT2D eigenvalue weighted by molar-refractivity contribution is 0.0740. The number of H-pyrrole nitrogens is 1. The number of carbonyl (C=O) groups excluding carboxylic acids is 1. The van der Waals surface area contributed by atoms with Crippen LogP contribution in [0.15, 0.2) is 21.2 Å². The van der Waals surface area contributed by atoms with Crippen molar-refractivity contribution in [1.82, 2.24) is 20.1 Å². The highest BCUT2D eigenvalue weighted by molar-refractivity contribution is 9.10. The summed E-state index contributed by atoms with van der Waals surface area (Å²) in [7, 11) is 0. The Morgan fingerprint density at radius 2 is 2.25 bits per heavy atom. The van der Waals surface area contributed by atoms with Gasteiger partial charge in [-0.3, -0.25) is 9.89 Å². The highest BCUT2D eigenvalue weighted by atomic mass is 79.9. The predicted molar refractivity (Wildman–Crippen MR) is 91.7 cm³/mol. The number of nitrogens with one attached hydrogen (secondary N) is 1. The van der Waals surface area contributed by atoms with E-state index in [4.69, 9.17) is 4.42 Å². The van der Waals surface area contributed by atoms with Gasteiger partial charge in [0.05, 0.1) is 0 Å². The van der Waals surface area contributed by atoms with Gasteiger partial charge in [-0.1, -0.05) is 19.8 Å². The van der Waals surface area contributed by atoms with Gasteiger partial charge >= 0.3 is 0 Å². The fourth-order valence-corrected chi connectivity index (χ4v) is 4.58. The molecule has 24 heavy (non-hydrogen) atoms. The number of hydrogen-bond acceptors (Lipinski definition) is 4. The van der Waals surface area contributed by atoms with E-state index in [1.165, 1.54) is 12.8 Å². The molecule has 2 aliphatic rings. The van der Waals surface area contributed by atoms with Crippen LogP contribution in [-0.2, 0) is 6.42 Å². The topological polar surface area (TPSA) is 75.0 Å². The second-order valence-electron chi connectivity index (χ2n) is 6.91. The molecular weight excluding hydrogens is 372 g/mol. The molecule has 7 heteroatoms. The number of hydrogen-bond donors (Lipinski definition) is 1. The van der Waals surface area contributed by atoms with Gasteiger partial charge in [0.1, 0.15) is 5.82 Å². The van der Waals surface area contributed by atoms with Gasteiger partial charge in [-0.15, -0.1) is 0 Å². The van der Waals surface area contributed by atoms with Crippen molar-refractivity contribution in [3.05, 3.63) is 34.2 Å². The maximum atomic E-state index is 12.8. The molecule has 1 saturated heterocycles. The zero-order valence-electron chi connectivity index (χ0n) is 13.7. The Labute approximate surface area is 149 Å². The maximum Gasteiger partial charge on any atom is 0.289 e. The molecule has 0 bridgehead atoms. The minimum Gasteiger partial charge on any atom is -0.444 e. The van der Waals surface area contributed by atoms with Gasteiger partial charge in [-0.25, -0.2) is 4.98 Å². The van der Waals surface area contributed by atoms with E-state index >= 15 is 0 Å². The Morgan fingerprint density at radius 1 is 1.46 bits per heavy atom. The first-order chi connectivity index (χ1) is 11.6. The van der Waals surface area contributed by atoms with Crippen LogP contribution in [0.3, 0.4) is 0 Å². The predicted octanol–water partition coefficient (Wildman–Crippen LogP) is 3.52. The van der Waals surface area contributed by atoms with Crippen molar-refractivity contribution in [3.63, 3.8) is 0 Å². The number of halogens is 1. The molecule has 1 atom stereocenters. The summed E-state index contributed by atoms with van der Waals surface area (Å²) in [5.41, 5.74) is 0.118. The molecule has 1 N–H and O–H groups in total. The molecule has 3 heterocycles. The van der Waals surface area contributed by atoms with Crippen molar-refractivity contribution in [2.75, 3.05) is 13.1 Å². The van der Waals surface area contributed by atoms with E-state index in [2.05, 4.69) is 38.0 Å². The normalized spacial score (nSPS) is 22.6. The summed E-state index contributed by atoms with van der Waals surface area (Å²) in [6.45, 7) is 3.50. The molecule has 2 aromatic rings. The van der Waals surface area contributed by atoms with Gasteiger partial charge in [0, 0.05) is 25.4 Å². The zero-order chi connectivity index (χ0) is 16.7. The highest BCUT2D eigenvalue weighted by Gasteiger charge is 2.51. The van der Waals surface area contributed by atoms with Crippen LogP contribution in [0.4, 0.5) is 0 Å². The maximum absolute atomic E-state index is 12.8. The smallest absolute Gasteiger partial charge is 0.289 e. The minimum atomic E-state index is -0.0410. The number of rotatable bonds is 3. The van der Waals surface area contributed by atoms with Crippen molar-refractivity contribution in [1.29, 1.82) is 0 Å².